The minimum atomic E-state index is -2.26. The number of hydrogen-bond acceptors (Lipinski definition) is 5. The fourth-order valence-corrected chi connectivity index (χ4v) is 2.44. The lowest BCUT2D eigenvalue weighted by molar-refractivity contribution is -0.384. The number of non-ortho nitro benzene ring substituents is 1. The van der Waals surface area contributed by atoms with Crippen LogP contribution in [0, 0.1) is 39.2 Å². The van der Waals surface area contributed by atoms with Gasteiger partial charge in [0.1, 0.15) is 18.0 Å². The van der Waals surface area contributed by atoms with Crippen molar-refractivity contribution in [2.24, 2.45) is 5.10 Å². The Labute approximate surface area is 171 Å². The summed E-state index contributed by atoms with van der Waals surface area (Å²) in [5.74, 6) is -10.1. The number of halogens is 5. The maximum absolute atomic E-state index is 13.6. The zero-order valence-corrected chi connectivity index (χ0v) is 15.4. The maximum Gasteiger partial charge on any atom is 0.269 e. The molecular weight excluding hydrogens is 425 g/mol. The van der Waals surface area contributed by atoms with Crippen LogP contribution >= 0.6 is 0 Å². The van der Waals surface area contributed by atoms with E-state index in [1.807, 2.05) is 5.43 Å². The van der Waals surface area contributed by atoms with E-state index in [2.05, 4.69) is 5.10 Å². The van der Waals surface area contributed by atoms with Gasteiger partial charge in [0.2, 0.25) is 5.82 Å². The van der Waals surface area contributed by atoms with Gasteiger partial charge in [-0.1, -0.05) is 12.1 Å². The molecule has 0 saturated heterocycles. The molecule has 0 saturated carbocycles. The third kappa shape index (κ3) is 4.94. The average molecular weight is 437 g/mol. The van der Waals surface area contributed by atoms with E-state index < -0.39 is 39.7 Å². The van der Waals surface area contributed by atoms with E-state index >= 15 is 0 Å². The minimum Gasteiger partial charge on any atom is -0.489 e. The molecular formula is C20H12F5N3O3. The Morgan fingerprint density at radius 3 is 2.16 bits per heavy atom. The van der Waals surface area contributed by atoms with Crippen LogP contribution in [-0.2, 0) is 6.61 Å². The molecule has 11 heteroatoms. The second-order valence-electron chi connectivity index (χ2n) is 6.10. The molecule has 0 atom stereocenters. The molecule has 0 aliphatic carbocycles. The number of hydrazone groups is 1. The van der Waals surface area contributed by atoms with Crippen molar-refractivity contribution in [2.75, 3.05) is 5.43 Å². The molecule has 6 nitrogen and oxygen atoms in total. The number of nitro groups is 1. The van der Waals surface area contributed by atoms with Crippen LogP contribution in [-0.4, -0.2) is 11.1 Å². The zero-order chi connectivity index (χ0) is 22.5. The first-order chi connectivity index (χ1) is 14.8. The lowest BCUT2D eigenvalue weighted by Crippen LogP contribution is -2.06. The molecule has 0 bridgehead atoms. The average Bonchev–Trinajstić information content (AvgIpc) is 2.78. The van der Waals surface area contributed by atoms with Crippen molar-refractivity contribution in [3.63, 3.8) is 0 Å². The highest BCUT2D eigenvalue weighted by molar-refractivity contribution is 5.80. The summed E-state index contributed by atoms with van der Waals surface area (Å²) in [4.78, 5) is 10.1. The highest BCUT2D eigenvalue weighted by Gasteiger charge is 2.25. The number of anilines is 1. The first-order valence-corrected chi connectivity index (χ1v) is 8.54. The Bertz CT molecular complexity index is 1120. The number of benzene rings is 3. The molecule has 0 fully saturated rings. The van der Waals surface area contributed by atoms with Crippen molar-refractivity contribution >= 4 is 17.6 Å². The number of nitrogens with one attached hydrogen (secondary N) is 1. The summed E-state index contributed by atoms with van der Waals surface area (Å²) >= 11 is 0. The van der Waals surface area contributed by atoms with Crippen LogP contribution in [0.4, 0.5) is 33.3 Å². The highest BCUT2D eigenvalue weighted by atomic mass is 19.2. The number of nitro benzene ring substituents is 1. The van der Waals surface area contributed by atoms with Crippen LogP contribution in [0.15, 0.2) is 53.6 Å². The summed E-state index contributed by atoms with van der Waals surface area (Å²) in [6.45, 7) is 0.112. The Morgan fingerprint density at radius 2 is 1.55 bits per heavy atom. The first kappa shape index (κ1) is 21.7. The fourth-order valence-electron chi connectivity index (χ4n) is 2.44. The van der Waals surface area contributed by atoms with E-state index in [1.54, 1.807) is 18.2 Å². The lowest BCUT2D eigenvalue weighted by atomic mass is 10.2. The van der Waals surface area contributed by atoms with Gasteiger partial charge in [0.15, 0.2) is 23.3 Å². The smallest absolute Gasteiger partial charge is 0.269 e. The number of rotatable bonds is 7. The summed E-state index contributed by atoms with van der Waals surface area (Å²) in [6.07, 6.45) is 1.09. The third-order valence-electron chi connectivity index (χ3n) is 4.01. The third-order valence-corrected chi connectivity index (χ3v) is 4.01. The van der Waals surface area contributed by atoms with Gasteiger partial charge in [0.25, 0.3) is 5.69 Å². The van der Waals surface area contributed by atoms with Crippen molar-refractivity contribution in [3.8, 4) is 5.75 Å². The van der Waals surface area contributed by atoms with Crippen molar-refractivity contribution < 1.29 is 31.6 Å². The molecule has 3 rings (SSSR count). The van der Waals surface area contributed by atoms with Gasteiger partial charge in [-0.25, -0.2) is 22.0 Å². The first-order valence-electron chi connectivity index (χ1n) is 8.54. The van der Waals surface area contributed by atoms with Gasteiger partial charge in [0, 0.05) is 12.1 Å². The van der Waals surface area contributed by atoms with E-state index in [4.69, 9.17) is 4.74 Å². The predicted octanol–water partition coefficient (Wildman–Crippen LogP) is 5.32. The standard InChI is InChI=1S/C20H12F5N3O3/c21-15-16(22)18(24)20(19(25)17(15)23)27-26-9-12-2-1-3-14(8-12)31-10-11-4-6-13(7-5-11)28(29)30/h1-9,27H,10H2. The van der Waals surface area contributed by atoms with Crippen molar-refractivity contribution in [1.82, 2.24) is 0 Å². The summed E-state index contributed by atoms with van der Waals surface area (Å²) in [7, 11) is 0. The van der Waals surface area contributed by atoms with E-state index in [9.17, 15) is 32.1 Å². The zero-order valence-electron chi connectivity index (χ0n) is 15.4. The lowest BCUT2D eigenvalue weighted by Gasteiger charge is -2.08. The number of hydrogen-bond donors (Lipinski definition) is 1. The van der Waals surface area contributed by atoms with Gasteiger partial charge in [-0.15, -0.1) is 0 Å². The minimum absolute atomic E-state index is 0.0525. The molecule has 3 aromatic carbocycles. The predicted molar refractivity (Wildman–Crippen MR) is 101 cm³/mol. The molecule has 0 spiro atoms. The second kappa shape index (κ2) is 9.20. The Morgan fingerprint density at radius 1 is 0.935 bits per heavy atom. The quantitative estimate of drug-likeness (QED) is 0.136. The summed E-state index contributed by atoms with van der Waals surface area (Å²) in [6, 6.07) is 12.0. The van der Waals surface area contributed by atoms with E-state index in [1.165, 1.54) is 30.3 Å². The Balaban J connectivity index is 1.67. The van der Waals surface area contributed by atoms with E-state index in [-0.39, 0.29) is 12.3 Å². The van der Waals surface area contributed by atoms with Crippen LogP contribution in [0.5, 0.6) is 5.75 Å². The summed E-state index contributed by atoms with van der Waals surface area (Å²) < 4.78 is 72.2. The molecule has 0 aromatic heterocycles. The molecule has 0 aliphatic heterocycles. The van der Waals surface area contributed by atoms with Crippen molar-refractivity contribution in [2.45, 2.75) is 6.61 Å². The topological polar surface area (TPSA) is 76.8 Å². The van der Waals surface area contributed by atoms with Crippen LogP contribution in [0.3, 0.4) is 0 Å². The molecule has 0 amide bonds. The molecule has 0 heterocycles. The van der Waals surface area contributed by atoms with Gasteiger partial charge >= 0.3 is 0 Å². The fraction of sp³-hybridized carbons (Fsp3) is 0.0500. The Hall–Kier alpha value is -4.02. The van der Waals surface area contributed by atoms with Gasteiger partial charge in [-0.2, -0.15) is 5.10 Å². The molecule has 31 heavy (non-hydrogen) atoms. The van der Waals surface area contributed by atoms with Gasteiger partial charge in [-0.05, 0) is 35.4 Å². The van der Waals surface area contributed by atoms with Gasteiger partial charge in [-0.3, -0.25) is 15.5 Å². The summed E-state index contributed by atoms with van der Waals surface area (Å²) in [5.41, 5.74) is 1.55. The largest absolute Gasteiger partial charge is 0.489 e. The van der Waals surface area contributed by atoms with E-state index in [0.717, 1.165) is 6.21 Å². The second-order valence-corrected chi connectivity index (χ2v) is 6.10. The normalized spacial score (nSPS) is 11.0. The molecule has 160 valence electrons. The number of ether oxygens (including phenoxy) is 1. The van der Waals surface area contributed by atoms with Crippen LogP contribution in [0.25, 0.3) is 0 Å². The molecule has 1 N–H and O–H groups in total. The molecule has 0 radical (unpaired) electrons. The van der Waals surface area contributed by atoms with Crippen molar-refractivity contribution in [1.29, 1.82) is 0 Å². The van der Waals surface area contributed by atoms with Gasteiger partial charge in [0.05, 0.1) is 11.1 Å². The van der Waals surface area contributed by atoms with E-state index in [0.29, 0.717) is 16.9 Å². The van der Waals surface area contributed by atoms with Crippen LogP contribution in [0.1, 0.15) is 11.1 Å². The SMILES string of the molecule is O=[N+]([O-])c1ccc(COc2cccc(C=NNc3c(F)c(F)c(F)c(F)c3F)c2)cc1. The van der Waals surface area contributed by atoms with Gasteiger partial charge < -0.3 is 4.74 Å². The number of nitrogens with zero attached hydrogens (tertiary/aromatic N) is 2. The molecule has 0 aliphatic rings. The maximum atomic E-state index is 13.6. The Kier molecular flexibility index (Phi) is 6.43. The molecule has 0 unspecified atom stereocenters. The summed E-state index contributed by atoms with van der Waals surface area (Å²) in [5, 5.41) is 14.2. The van der Waals surface area contributed by atoms with Crippen LogP contribution < -0.4 is 10.2 Å². The monoisotopic (exact) mass is 437 g/mol. The van der Waals surface area contributed by atoms with Crippen LogP contribution in [0.2, 0.25) is 0 Å². The highest BCUT2D eigenvalue weighted by Crippen LogP contribution is 2.27. The molecule has 3 aromatic rings. The van der Waals surface area contributed by atoms with Crippen molar-refractivity contribution in [3.05, 3.63) is 98.9 Å².